The molecule has 0 bridgehead atoms. The Balaban J connectivity index is 2.15. The molecule has 1 heterocycles. The number of hydrogen-bond donors (Lipinski definition) is 2. The molecular formula is C39H69O9PSi3. The van der Waals surface area contributed by atoms with Gasteiger partial charge in [0.15, 0.2) is 25.0 Å². The number of aliphatic hydroxyl groups is 2. The third kappa shape index (κ3) is 11.5. The summed E-state index contributed by atoms with van der Waals surface area (Å²) in [5.41, 5.74) is 1.60. The molecule has 0 radical (unpaired) electrons. The Morgan fingerprint density at radius 2 is 1.12 bits per heavy atom. The van der Waals surface area contributed by atoms with Crippen molar-refractivity contribution in [3.63, 3.8) is 0 Å². The summed E-state index contributed by atoms with van der Waals surface area (Å²) in [6.07, 6.45) is -4.81. The second-order valence-electron chi connectivity index (χ2n) is 19.0. The first-order valence-electron chi connectivity index (χ1n) is 18.6. The lowest BCUT2D eigenvalue weighted by Crippen LogP contribution is -2.58. The molecule has 1 aliphatic rings. The fourth-order valence-electron chi connectivity index (χ4n) is 5.03. The van der Waals surface area contributed by atoms with Crippen LogP contribution in [-0.2, 0) is 44.8 Å². The van der Waals surface area contributed by atoms with Gasteiger partial charge in [0.1, 0.15) is 30.6 Å². The molecular weight excluding hydrogens is 728 g/mol. The van der Waals surface area contributed by atoms with E-state index >= 15 is 0 Å². The number of aliphatic hydroxyl groups excluding tert-OH is 1. The van der Waals surface area contributed by atoms with Crippen LogP contribution in [0.4, 0.5) is 0 Å². The SMILES string of the molecule is CC(C)(C)[Si](C)(C)OC[C@@H](O)[C@@H]1OC(O)(CP(=O)(OCc2ccccc2)OCc2ccccc2)[C@H](O[Si](C)(C)C(C)(C)C)[C@H]1O[Si](C)(C)C(C)(C)C. The van der Waals surface area contributed by atoms with Gasteiger partial charge >= 0.3 is 7.60 Å². The molecule has 0 aliphatic carbocycles. The third-order valence-electron chi connectivity index (χ3n) is 11.6. The summed E-state index contributed by atoms with van der Waals surface area (Å²) in [4.78, 5) is 0. The lowest BCUT2D eigenvalue weighted by Gasteiger charge is -2.45. The van der Waals surface area contributed by atoms with Crippen LogP contribution in [-0.4, -0.2) is 78.1 Å². The van der Waals surface area contributed by atoms with Gasteiger partial charge in [-0.1, -0.05) is 123 Å². The van der Waals surface area contributed by atoms with Crippen LogP contribution >= 0.6 is 7.60 Å². The van der Waals surface area contributed by atoms with E-state index in [-0.39, 0.29) is 34.9 Å². The summed E-state index contributed by atoms with van der Waals surface area (Å²) in [6, 6.07) is 18.8. The zero-order valence-electron chi connectivity index (χ0n) is 34.6. The van der Waals surface area contributed by atoms with Crippen LogP contribution in [0.1, 0.15) is 73.4 Å². The summed E-state index contributed by atoms with van der Waals surface area (Å²) in [5, 5.41) is 24.3. The molecule has 2 aromatic carbocycles. The third-order valence-corrected chi connectivity index (χ3v) is 26.9. The van der Waals surface area contributed by atoms with Crippen molar-refractivity contribution in [1.82, 2.24) is 0 Å². The number of benzene rings is 2. The van der Waals surface area contributed by atoms with Crippen LogP contribution < -0.4 is 0 Å². The van der Waals surface area contributed by atoms with E-state index in [9.17, 15) is 14.8 Å². The van der Waals surface area contributed by atoms with Crippen LogP contribution in [0.5, 0.6) is 0 Å². The maximum atomic E-state index is 15.0. The monoisotopic (exact) mass is 796 g/mol. The molecule has 5 atom stereocenters. The van der Waals surface area contributed by atoms with E-state index in [1.807, 2.05) is 60.7 Å². The molecule has 2 aromatic rings. The van der Waals surface area contributed by atoms with Gasteiger partial charge in [0, 0.05) is 0 Å². The molecule has 0 spiro atoms. The second-order valence-corrected chi connectivity index (χ2v) is 35.4. The molecule has 0 aromatic heterocycles. The highest BCUT2D eigenvalue weighted by Gasteiger charge is 2.63. The van der Waals surface area contributed by atoms with Gasteiger partial charge in [0.05, 0.1) is 19.8 Å². The van der Waals surface area contributed by atoms with Crippen molar-refractivity contribution >= 4 is 32.5 Å². The first-order valence-corrected chi connectivity index (χ1v) is 29.0. The number of rotatable bonds is 16. The van der Waals surface area contributed by atoms with Gasteiger partial charge < -0.3 is 37.3 Å². The van der Waals surface area contributed by atoms with Crippen molar-refractivity contribution in [3.05, 3.63) is 71.8 Å². The predicted octanol–water partition coefficient (Wildman–Crippen LogP) is 9.86. The van der Waals surface area contributed by atoms with E-state index in [1.165, 1.54) is 0 Å². The fraction of sp³-hybridized carbons (Fsp3) is 0.692. The minimum atomic E-state index is -4.13. The summed E-state index contributed by atoms with van der Waals surface area (Å²) >= 11 is 0. The summed E-state index contributed by atoms with van der Waals surface area (Å²) < 4.78 is 54.6. The first kappa shape index (κ1) is 45.4. The molecule has 0 saturated carbocycles. The Morgan fingerprint density at radius 1 is 0.712 bits per heavy atom. The van der Waals surface area contributed by atoms with Gasteiger partial charge in [-0.25, -0.2) is 0 Å². The highest BCUT2D eigenvalue weighted by atomic mass is 31.2. The summed E-state index contributed by atoms with van der Waals surface area (Å²) in [5.74, 6) is -2.21. The van der Waals surface area contributed by atoms with Crippen LogP contribution in [0.15, 0.2) is 60.7 Å². The van der Waals surface area contributed by atoms with Gasteiger partial charge in [0.25, 0.3) is 0 Å². The van der Waals surface area contributed by atoms with Crippen molar-refractivity contribution in [2.75, 3.05) is 12.8 Å². The smallest absolute Gasteiger partial charge is 0.336 e. The first-order chi connectivity index (χ1) is 23.5. The van der Waals surface area contributed by atoms with Crippen molar-refractivity contribution in [2.24, 2.45) is 0 Å². The molecule has 13 heteroatoms. The zero-order chi connectivity index (χ0) is 39.6. The Bertz CT molecular complexity index is 1420. The maximum Gasteiger partial charge on any atom is 0.336 e. The molecule has 1 unspecified atom stereocenters. The average Bonchev–Trinajstić information content (AvgIpc) is 3.26. The number of ether oxygens (including phenoxy) is 1. The molecule has 2 N–H and O–H groups in total. The summed E-state index contributed by atoms with van der Waals surface area (Å²) in [6.45, 7) is 31.9. The highest BCUT2D eigenvalue weighted by Crippen LogP contribution is 2.56. The topological polar surface area (TPSA) is 113 Å². The van der Waals surface area contributed by atoms with Gasteiger partial charge in [0.2, 0.25) is 5.79 Å². The van der Waals surface area contributed by atoms with E-state index < -0.39 is 68.9 Å². The molecule has 1 saturated heterocycles. The minimum Gasteiger partial charge on any atom is -0.414 e. The Hall–Kier alpha value is -0.999. The summed E-state index contributed by atoms with van der Waals surface area (Å²) in [7, 11) is -11.6. The van der Waals surface area contributed by atoms with Crippen LogP contribution in [0.3, 0.4) is 0 Å². The van der Waals surface area contributed by atoms with Crippen LogP contribution in [0.2, 0.25) is 54.4 Å². The van der Waals surface area contributed by atoms with Crippen molar-refractivity contribution in [2.45, 2.75) is 160 Å². The van der Waals surface area contributed by atoms with Gasteiger partial charge in [-0.05, 0) is 65.5 Å². The van der Waals surface area contributed by atoms with Crippen LogP contribution in [0.25, 0.3) is 0 Å². The Kier molecular flexibility index (Phi) is 14.5. The average molecular weight is 797 g/mol. The van der Waals surface area contributed by atoms with Crippen molar-refractivity contribution < 1.29 is 41.8 Å². The lowest BCUT2D eigenvalue weighted by atomic mass is 10.0. The van der Waals surface area contributed by atoms with Crippen molar-refractivity contribution in [1.29, 1.82) is 0 Å². The van der Waals surface area contributed by atoms with E-state index in [0.29, 0.717) is 0 Å². The molecule has 1 aliphatic heterocycles. The van der Waals surface area contributed by atoms with Crippen LogP contribution in [0, 0.1) is 0 Å². The van der Waals surface area contributed by atoms with E-state index in [2.05, 4.69) is 102 Å². The predicted molar refractivity (Wildman–Crippen MR) is 218 cm³/mol. The molecule has 1 fully saturated rings. The molecule has 0 amide bonds. The Labute approximate surface area is 318 Å². The molecule has 9 nitrogen and oxygen atoms in total. The molecule has 52 heavy (non-hydrogen) atoms. The van der Waals surface area contributed by atoms with Crippen molar-refractivity contribution in [3.8, 4) is 0 Å². The van der Waals surface area contributed by atoms with E-state index in [4.69, 9.17) is 27.1 Å². The lowest BCUT2D eigenvalue weighted by molar-refractivity contribution is -0.222. The van der Waals surface area contributed by atoms with E-state index in [1.54, 1.807) is 0 Å². The normalized spacial score (nSPS) is 23.2. The quantitative estimate of drug-likeness (QED) is 0.127. The Morgan fingerprint density at radius 3 is 1.52 bits per heavy atom. The number of hydrogen-bond acceptors (Lipinski definition) is 9. The second kappa shape index (κ2) is 16.6. The maximum absolute atomic E-state index is 15.0. The van der Waals surface area contributed by atoms with E-state index in [0.717, 1.165) is 11.1 Å². The zero-order valence-corrected chi connectivity index (χ0v) is 38.5. The van der Waals surface area contributed by atoms with Gasteiger partial charge in [-0.15, -0.1) is 0 Å². The fourth-order valence-corrected chi connectivity index (χ4v) is 10.4. The van der Waals surface area contributed by atoms with Gasteiger partial charge in [-0.3, -0.25) is 4.57 Å². The highest BCUT2D eigenvalue weighted by molar-refractivity contribution is 7.53. The molecule has 3 rings (SSSR count). The standard InChI is InChI=1S/C39H69O9PSi3/c1-36(2,3)50(10,11)45-28-32(40)33-34(47-51(12,13)37(4,5)6)35(48-52(14,15)38(7,8)9)39(41,46-33)29-49(42,43-26-30-22-18-16-19-23-30)44-27-31-24-20-17-21-25-31/h16-25,32-35,40-41H,26-29H2,1-15H3/t32-,33+,34+,35-,39?/m1/s1. The van der Waals surface area contributed by atoms with Gasteiger partial charge in [-0.2, -0.15) is 0 Å². The largest absolute Gasteiger partial charge is 0.414 e. The molecule has 296 valence electrons. The minimum absolute atomic E-state index is 0.00689.